The topological polar surface area (TPSA) is 117 Å². The molecule has 0 aliphatic carbocycles. The molecule has 29 heavy (non-hydrogen) atoms. The van der Waals surface area contributed by atoms with Crippen molar-refractivity contribution >= 4 is 17.3 Å². The first-order valence-electron chi connectivity index (χ1n) is 8.27. The van der Waals surface area contributed by atoms with Crippen LogP contribution in [0.15, 0.2) is 29.3 Å². The van der Waals surface area contributed by atoms with E-state index in [-0.39, 0.29) is 16.8 Å². The van der Waals surface area contributed by atoms with Crippen LogP contribution in [0.25, 0.3) is 16.9 Å². The number of ketones is 1. The highest BCUT2D eigenvalue weighted by molar-refractivity contribution is 5.98. The zero-order valence-electron chi connectivity index (χ0n) is 15.5. The number of carbonyl (C=O) groups excluding carboxylic acids is 1. The maximum absolute atomic E-state index is 13.7. The van der Waals surface area contributed by atoms with Crippen molar-refractivity contribution in [3.8, 4) is 11.4 Å². The Morgan fingerprint density at radius 3 is 2.38 bits per heavy atom. The van der Waals surface area contributed by atoms with Crippen LogP contribution >= 0.6 is 0 Å². The third-order valence-electron chi connectivity index (χ3n) is 4.10. The molecule has 0 saturated heterocycles. The number of hydrogen-bond acceptors (Lipinski definition) is 5. The maximum atomic E-state index is 13.7. The Morgan fingerprint density at radius 1 is 1.17 bits per heavy atom. The lowest BCUT2D eigenvalue weighted by Crippen LogP contribution is -2.23. The van der Waals surface area contributed by atoms with E-state index >= 15 is 0 Å². The molecule has 3 heterocycles. The molecule has 0 unspecified atom stereocenters. The smallest absolute Gasteiger partial charge is 0.417 e. The highest BCUT2D eigenvalue weighted by Crippen LogP contribution is 2.36. The van der Waals surface area contributed by atoms with Gasteiger partial charge in [0.05, 0.1) is 11.1 Å². The molecule has 8 nitrogen and oxygen atoms in total. The molecule has 0 atom stereocenters. The summed E-state index contributed by atoms with van der Waals surface area (Å²) >= 11 is 0. The van der Waals surface area contributed by atoms with Gasteiger partial charge in [-0.2, -0.15) is 13.2 Å². The number of Topliss-reactive ketones (excluding diaryl/α,β-unsaturated/α-hetero) is 1. The van der Waals surface area contributed by atoms with Gasteiger partial charge in [0.15, 0.2) is 11.6 Å². The van der Waals surface area contributed by atoms with Crippen molar-refractivity contribution in [1.29, 1.82) is 0 Å². The van der Waals surface area contributed by atoms with E-state index in [1.54, 1.807) is 20.8 Å². The van der Waals surface area contributed by atoms with Crippen LogP contribution in [0.5, 0.6) is 0 Å². The highest BCUT2D eigenvalue weighted by atomic mass is 19.4. The molecule has 3 aromatic rings. The fourth-order valence-corrected chi connectivity index (χ4v) is 2.63. The molecule has 0 aliphatic rings. The number of rotatable bonds is 3. The van der Waals surface area contributed by atoms with Crippen LogP contribution < -0.4 is 5.56 Å². The predicted octanol–water partition coefficient (Wildman–Crippen LogP) is 3.03. The molecule has 2 N–H and O–H groups in total. The number of aromatic nitrogens is 4. The molecule has 0 saturated carbocycles. The Hall–Kier alpha value is -3.50. The lowest BCUT2D eigenvalue weighted by molar-refractivity contribution is -0.137. The lowest BCUT2D eigenvalue weighted by atomic mass is 9.88. The Morgan fingerprint density at radius 2 is 1.83 bits per heavy atom. The second-order valence-electron chi connectivity index (χ2n) is 7.36. The van der Waals surface area contributed by atoms with Gasteiger partial charge in [0.25, 0.3) is 5.56 Å². The van der Waals surface area contributed by atoms with Gasteiger partial charge in [-0.1, -0.05) is 20.8 Å². The van der Waals surface area contributed by atoms with Crippen molar-refractivity contribution in [1.82, 2.24) is 19.6 Å². The molecule has 3 rings (SSSR count). The van der Waals surface area contributed by atoms with Crippen molar-refractivity contribution in [2.45, 2.75) is 26.9 Å². The minimum Gasteiger partial charge on any atom is -0.478 e. The van der Waals surface area contributed by atoms with Crippen molar-refractivity contribution < 1.29 is 27.9 Å². The van der Waals surface area contributed by atoms with Gasteiger partial charge >= 0.3 is 12.1 Å². The minimum atomic E-state index is -4.86. The summed E-state index contributed by atoms with van der Waals surface area (Å²) in [5.41, 5.74) is -4.29. The number of nitrogens with zero attached hydrogens (tertiary/aromatic N) is 3. The molecule has 0 fully saturated rings. The zero-order chi connectivity index (χ0) is 21.7. The van der Waals surface area contributed by atoms with Crippen LogP contribution in [0.3, 0.4) is 0 Å². The summed E-state index contributed by atoms with van der Waals surface area (Å²) in [6.07, 6.45) is -3.04. The van der Waals surface area contributed by atoms with Gasteiger partial charge in [-0.3, -0.25) is 14.6 Å². The van der Waals surface area contributed by atoms with E-state index in [2.05, 4.69) is 15.1 Å². The van der Waals surface area contributed by atoms with Crippen LogP contribution in [-0.4, -0.2) is 36.4 Å². The molecule has 3 aromatic heterocycles. The van der Waals surface area contributed by atoms with Crippen LogP contribution in [0, 0.1) is 5.41 Å². The van der Waals surface area contributed by atoms with Crippen molar-refractivity contribution in [3.05, 3.63) is 51.7 Å². The first-order valence-corrected chi connectivity index (χ1v) is 8.27. The van der Waals surface area contributed by atoms with Gasteiger partial charge in [0.2, 0.25) is 0 Å². The van der Waals surface area contributed by atoms with E-state index in [1.807, 2.05) is 0 Å². The maximum Gasteiger partial charge on any atom is 0.417 e. The van der Waals surface area contributed by atoms with Crippen LogP contribution in [-0.2, 0) is 6.18 Å². The molecule has 11 heteroatoms. The largest absolute Gasteiger partial charge is 0.478 e. The van der Waals surface area contributed by atoms with Gasteiger partial charge in [0, 0.05) is 23.4 Å². The average Bonchev–Trinajstić information content (AvgIpc) is 3.04. The van der Waals surface area contributed by atoms with Crippen molar-refractivity contribution in [3.63, 3.8) is 0 Å². The van der Waals surface area contributed by atoms with Gasteiger partial charge in [-0.15, -0.1) is 5.10 Å². The number of carboxylic acids is 1. The number of hydrogen-bond donors (Lipinski definition) is 2. The normalized spacial score (nSPS) is 12.3. The molecule has 0 bridgehead atoms. The first kappa shape index (κ1) is 20.2. The number of H-pyrrole nitrogens is 1. The monoisotopic (exact) mass is 408 g/mol. The van der Waals surface area contributed by atoms with Crippen LogP contribution in [0.1, 0.15) is 47.2 Å². The van der Waals surface area contributed by atoms with Crippen LogP contribution in [0.2, 0.25) is 0 Å². The Kier molecular flexibility index (Phi) is 4.56. The Bertz CT molecular complexity index is 1200. The van der Waals surface area contributed by atoms with Gasteiger partial charge < -0.3 is 10.1 Å². The minimum absolute atomic E-state index is 0.146. The summed E-state index contributed by atoms with van der Waals surface area (Å²) in [7, 11) is 0. The number of fused-ring (bicyclic) bond motifs is 1. The summed E-state index contributed by atoms with van der Waals surface area (Å²) in [6, 6.07) is 1.66. The summed E-state index contributed by atoms with van der Waals surface area (Å²) in [4.78, 5) is 41.6. The number of aromatic amines is 1. The standard InChI is InChI=1S/C18H15F3N4O4/c1-17(2,3)13(26)11-5-10(18(19,20)21)9(6-22-11)14-23-15(27)12-4-8(16(28)29)7-25(12)24-14/h4-7H,1-3H3,(H,28,29)(H,23,24,27). The van der Waals surface area contributed by atoms with Crippen LogP contribution in [0.4, 0.5) is 13.2 Å². The lowest BCUT2D eigenvalue weighted by Gasteiger charge is -2.18. The first-order chi connectivity index (χ1) is 13.3. The number of nitrogens with one attached hydrogen (secondary N) is 1. The molecule has 152 valence electrons. The zero-order valence-corrected chi connectivity index (χ0v) is 15.5. The van der Waals surface area contributed by atoms with E-state index in [0.717, 1.165) is 23.0 Å². The Balaban J connectivity index is 2.24. The fourth-order valence-electron chi connectivity index (χ4n) is 2.63. The molecule has 0 radical (unpaired) electrons. The fraction of sp³-hybridized carbons (Fsp3) is 0.278. The van der Waals surface area contributed by atoms with Crippen molar-refractivity contribution in [2.24, 2.45) is 5.41 Å². The average molecular weight is 408 g/mol. The van der Waals surface area contributed by atoms with Crippen molar-refractivity contribution in [2.75, 3.05) is 0 Å². The van der Waals surface area contributed by atoms with E-state index in [1.165, 1.54) is 0 Å². The van der Waals surface area contributed by atoms with E-state index < -0.39 is 45.9 Å². The summed E-state index contributed by atoms with van der Waals surface area (Å²) in [6.45, 7) is 4.66. The second kappa shape index (κ2) is 6.54. The van der Waals surface area contributed by atoms with E-state index in [9.17, 15) is 27.6 Å². The number of halogens is 3. The Labute approximate surface area is 161 Å². The molecule has 0 spiro atoms. The molecular formula is C18H15F3N4O4. The summed E-state index contributed by atoms with van der Waals surface area (Å²) in [5.74, 6) is -2.37. The quantitative estimate of drug-likeness (QED) is 0.644. The predicted molar refractivity (Wildman–Crippen MR) is 94.8 cm³/mol. The third kappa shape index (κ3) is 3.75. The number of carbonyl (C=O) groups is 2. The van der Waals surface area contributed by atoms with E-state index in [0.29, 0.717) is 6.07 Å². The number of aromatic carboxylic acids is 1. The molecular weight excluding hydrogens is 393 g/mol. The highest BCUT2D eigenvalue weighted by Gasteiger charge is 2.37. The number of carboxylic acid groups (broad SMARTS) is 1. The number of alkyl halides is 3. The second-order valence-corrected chi connectivity index (χ2v) is 7.36. The molecule has 0 amide bonds. The van der Waals surface area contributed by atoms with Gasteiger partial charge in [-0.05, 0) is 12.1 Å². The SMILES string of the molecule is CC(C)(C)C(=O)c1cc(C(F)(F)F)c(-c2nn3cc(C(=O)O)cc3c(=O)[nH]2)cn1. The summed E-state index contributed by atoms with van der Waals surface area (Å²) in [5, 5.41) is 12.9. The number of pyridine rings is 1. The van der Waals surface area contributed by atoms with Gasteiger partial charge in [0.1, 0.15) is 11.2 Å². The molecule has 0 aliphatic heterocycles. The third-order valence-corrected chi connectivity index (χ3v) is 4.10. The van der Waals surface area contributed by atoms with E-state index in [4.69, 9.17) is 5.11 Å². The molecule has 0 aromatic carbocycles. The van der Waals surface area contributed by atoms with Gasteiger partial charge in [-0.25, -0.2) is 9.31 Å². The summed E-state index contributed by atoms with van der Waals surface area (Å²) < 4.78 is 41.8.